The van der Waals surface area contributed by atoms with E-state index in [0.29, 0.717) is 23.9 Å². The third-order valence-electron chi connectivity index (χ3n) is 4.64. The van der Waals surface area contributed by atoms with Crippen molar-refractivity contribution < 1.29 is 9.59 Å². The van der Waals surface area contributed by atoms with Gasteiger partial charge >= 0.3 is 6.03 Å². The van der Waals surface area contributed by atoms with Crippen molar-refractivity contribution in [2.75, 3.05) is 34.8 Å². The van der Waals surface area contributed by atoms with Crippen molar-refractivity contribution in [2.24, 2.45) is 0 Å². The number of pyridine rings is 2. The van der Waals surface area contributed by atoms with Crippen LogP contribution in [-0.4, -0.2) is 47.6 Å². The summed E-state index contributed by atoms with van der Waals surface area (Å²) < 4.78 is 0. The monoisotopic (exact) mass is 352 g/mol. The molecule has 8 nitrogen and oxygen atoms in total. The molecule has 2 aromatic heterocycles. The predicted molar refractivity (Wildman–Crippen MR) is 98.6 cm³/mol. The maximum atomic E-state index is 12.9. The zero-order chi connectivity index (χ0) is 18.1. The van der Waals surface area contributed by atoms with Gasteiger partial charge in [0.05, 0.1) is 11.7 Å². The van der Waals surface area contributed by atoms with Crippen LogP contribution < -0.4 is 20.4 Å². The van der Waals surface area contributed by atoms with Crippen molar-refractivity contribution in [1.29, 1.82) is 0 Å². The van der Waals surface area contributed by atoms with Crippen LogP contribution in [0.1, 0.15) is 23.8 Å². The number of nitrogens with zero attached hydrogens (tertiary/aromatic N) is 4. The van der Waals surface area contributed by atoms with E-state index < -0.39 is 0 Å². The van der Waals surface area contributed by atoms with Gasteiger partial charge in [0, 0.05) is 25.8 Å². The van der Waals surface area contributed by atoms with E-state index in [-0.39, 0.29) is 18.0 Å². The molecule has 26 heavy (non-hydrogen) atoms. The molecule has 0 radical (unpaired) electrons. The first-order valence-electron chi connectivity index (χ1n) is 8.73. The van der Waals surface area contributed by atoms with Crippen molar-refractivity contribution in [3.8, 4) is 0 Å². The Bertz CT molecular complexity index is 841. The van der Waals surface area contributed by atoms with Crippen molar-refractivity contribution in [3.05, 3.63) is 42.2 Å². The summed E-state index contributed by atoms with van der Waals surface area (Å²) in [6, 6.07) is 8.67. The van der Waals surface area contributed by atoms with Crippen molar-refractivity contribution in [2.45, 2.75) is 19.4 Å². The SMILES string of the molecule is CCNC(=O)c1ccc2c(n1)N(C(=O)Nc1ccccn1)C1CCN2C1. The standard InChI is InChI=1S/C18H20N6O2/c1-2-19-17(25)13-6-7-14-16(21-13)24(12-8-10-23(14)11-12)18(26)22-15-5-3-4-9-20-15/h3-7,9,12H,2,8,10-11H2,1H3,(H,19,25)(H,20,22,26). The van der Waals surface area contributed by atoms with Gasteiger partial charge in [-0.1, -0.05) is 6.07 Å². The number of urea groups is 1. The Morgan fingerprint density at radius 3 is 2.92 bits per heavy atom. The molecule has 1 saturated heterocycles. The summed E-state index contributed by atoms with van der Waals surface area (Å²) in [7, 11) is 0. The minimum atomic E-state index is -0.281. The topological polar surface area (TPSA) is 90.5 Å². The van der Waals surface area contributed by atoms with Gasteiger partial charge in [-0.05, 0) is 37.6 Å². The predicted octanol–water partition coefficient (Wildman–Crippen LogP) is 1.86. The minimum absolute atomic E-state index is 0.0307. The van der Waals surface area contributed by atoms with Crippen LogP contribution in [0.4, 0.5) is 22.1 Å². The molecular formula is C18H20N6O2. The van der Waals surface area contributed by atoms with Gasteiger partial charge in [0.15, 0.2) is 5.82 Å². The number of anilines is 3. The van der Waals surface area contributed by atoms with Crippen LogP contribution in [0, 0.1) is 0 Å². The number of amides is 3. The Labute approximate surface area is 151 Å². The fourth-order valence-electron chi connectivity index (χ4n) is 3.46. The maximum absolute atomic E-state index is 12.9. The van der Waals surface area contributed by atoms with E-state index in [2.05, 4.69) is 25.5 Å². The molecule has 3 amide bonds. The van der Waals surface area contributed by atoms with E-state index in [9.17, 15) is 9.59 Å². The summed E-state index contributed by atoms with van der Waals surface area (Å²) in [5.74, 6) is 0.767. The Kier molecular flexibility index (Phi) is 4.16. The summed E-state index contributed by atoms with van der Waals surface area (Å²) in [5.41, 5.74) is 1.19. The second kappa shape index (κ2) is 6.62. The van der Waals surface area contributed by atoms with E-state index in [1.165, 1.54) is 0 Å². The molecule has 8 heteroatoms. The highest BCUT2D eigenvalue weighted by Gasteiger charge is 2.40. The number of aromatic nitrogens is 2. The molecule has 1 atom stereocenters. The van der Waals surface area contributed by atoms with E-state index in [4.69, 9.17) is 0 Å². The first kappa shape index (κ1) is 16.3. The highest BCUT2D eigenvalue weighted by molar-refractivity contribution is 6.05. The maximum Gasteiger partial charge on any atom is 0.329 e. The molecule has 2 aliphatic rings. The Hall–Kier alpha value is -3.16. The Morgan fingerprint density at radius 1 is 1.27 bits per heavy atom. The quantitative estimate of drug-likeness (QED) is 0.880. The van der Waals surface area contributed by atoms with Gasteiger partial charge in [0.25, 0.3) is 5.91 Å². The summed E-state index contributed by atoms with van der Waals surface area (Å²) in [5, 5.41) is 5.57. The number of hydrogen-bond donors (Lipinski definition) is 2. The Balaban J connectivity index is 1.68. The average molecular weight is 352 g/mol. The Morgan fingerprint density at radius 2 is 2.15 bits per heavy atom. The van der Waals surface area contributed by atoms with Gasteiger partial charge in [-0.3, -0.25) is 15.0 Å². The molecule has 134 valence electrons. The highest BCUT2D eigenvalue weighted by Crippen LogP contribution is 2.39. The number of rotatable bonds is 3. The largest absolute Gasteiger partial charge is 0.366 e. The van der Waals surface area contributed by atoms with E-state index >= 15 is 0 Å². The van der Waals surface area contributed by atoms with Crippen LogP contribution in [-0.2, 0) is 0 Å². The third-order valence-corrected chi connectivity index (χ3v) is 4.64. The van der Waals surface area contributed by atoms with Crippen molar-refractivity contribution in [1.82, 2.24) is 15.3 Å². The molecule has 1 unspecified atom stereocenters. The lowest BCUT2D eigenvalue weighted by Gasteiger charge is -2.35. The second-order valence-corrected chi connectivity index (χ2v) is 6.30. The summed E-state index contributed by atoms with van der Waals surface area (Å²) in [6.45, 7) is 4.02. The van der Waals surface area contributed by atoms with Crippen LogP contribution in [0.25, 0.3) is 0 Å². The zero-order valence-electron chi connectivity index (χ0n) is 14.5. The number of hydrogen-bond acceptors (Lipinski definition) is 5. The number of fused-ring (bicyclic) bond motifs is 4. The van der Waals surface area contributed by atoms with E-state index in [1.807, 2.05) is 19.1 Å². The lowest BCUT2D eigenvalue weighted by molar-refractivity contribution is 0.0951. The molecule has 2 aromatic rings. The molecule has 0 spiro atoms. The fraction of sp³-hybridized carbons (Fsp3) is 0.333. The van der Waals surface area contributed by atoms with Crippen LogP contribution in [0.5, 0.6) is 0 Å². The second-order valence-electron chi connectivity index (χ2n) is 6.30. The van der Waals surface area contributed by atoms with Crippen molar-refractivity contribution in [3.63, 3.8) is 0 Å². The third kappa shape index (κ3) is 2.83. The molecular weight excluding hydrogens is 332 g/mol. The number of carbonyl (C=O) groups is 2. The fourth-order valence-corrected chi connectivity index (χ4v) is 3.46. The van der Waals surface area contributed by atoms with Gasteiger partial charge in [-0.2, -0.15) is 0 Å². The van der Waals surface area contributed by atoms with E-state index in [1.54, 1.807) is 29.3 Å². The van der Waals surface area contributed by atoms with Gasteiger partial charge < -0.3 is 10.2 Å². The lowest BCUT2D eigenvalue weighted by Crippen LogP contribution is -2.48. The molecule has 2 N–H and O–H groups in total. The lowest BCUT2D eigenvalue weighted by atomic mass is 10.1. The molecule has 2 aliphatic heterocycles. The molecule has 0 aromatic carbocycles. The van der Waals surface area contributed by atoms with E-state index in [0.717, 1.165) is 25.2 Å². The smallest absolute Gasteiger partial charge is 0.329 e. The minimum Gasteiger partial charge on any atom is -0.366 e. The van der Waals surface area contributed by atoms with Crippen LogP contribution in [0.15, 0.2) is 36.5 Å². The molecule has 4 heterocycles. The zero-order valence-corrected chi connectivity index (χ0v) is 14.5. The van der Waals surface area contributed by atoms with Crippen LogP contribution in [0.3, 0.4) is 0 Å². The van der Waals surface area contributed by atoms with Gasteiger partial charge in [-0.15, -0.1) is 0 Å². The summed E-state index contributed by atoms with van der Waals surface area (Å²) in [4.78, 5) is 37.6. The molecule has 2 bridgehead atoms. The normalized spacial score (nSPS) is 17.7. The summed E-state index contributed by atoms with van der Waals surface area (Å²) in [6.07, 6.45) is 2.49. The summed E-state index contributed by atoms with van der Waals surface area (Å²) >= 11 is 0. The number of nitrogens with one attached hydrogen (secondary N) is 2. The van der Waals surface area contributed by atoms with Crippen LogP contribution in [0.2, 0.25) is 0 Å². The van der Waals surface area contributed by atoms with Gasteiger partial charge in [0.1, 0.15) is 11.5 Å². The van der Waals surface area contributed by atoms with Gasteiger partial charge in [-0.25, -0.2) is 14.8 Å². The molecule has 4 rings (SSSR count). The molecule has 0 saturated carbocycles. The molecule has 1 fully saturated rings. The number of carbonyl (C=O) groups excluding carboxylic acids is 2. The first-order chi connectivity index (χ1) is 12.7. The average Bonchev–Trinajstić information content (AvgIpc) is 3.07. The van der Waals surface area contributed by atoms with Crippen LogP contribution >= 0.6 is 0 Å². The highest BCUT2D eigenvalue weighted by atomic mass is 16.2. The van der Waals surface area contributed by atoms with Crippen molar-refractivity contribution >= 4 is 29.3 Å². The van der Waals surface area contributed by atoms with Gasteiger partial charge in [0.2, 0.25) is 0 Å². The first-order valence-corrected chi connectivity index (χ1v) is 8.73. The molecule has 0 aliphatic carbocycles.